The fourth-order valence-electron chi connectivity index (χ4n) is 2.93. The summed E-state index contributed by atoms with van der Waals surface area (Å²) in [6, 6.07) is 10.2. The Hall–Kier alpha value is -2.93. The number of carbonyl (C=O) groups is 1. The molecule has 28 heavy (non-hydrogen) atoms. The van der Waals surface area contributed by atoms with Gasteiger partial charge in [-0.15, -0.1) is 5.10 Å². The number of amides is 1. The number of rotatable bonds is 6. The Morgan fingerprint density at radius 2 is 1.93 bits per heavy atom. The highest BCUT2D eigenvalue weighted by molar-refractivity contribution is 6.31. The molecule has 8 heteroatoms. The van der Waals surface area contributed by atoms with Gasteiger partial charge in [-0.25, -0.2) is 9.07 Å². The van der Waals surface area contributed by atoms with Gasteiger partial charge >= 0.3 is 0 Å². The number of hydrogen-bond donors (Lipinski definition) is 2. The average molecular weight is 402 g/mol. The highest BCUT2D eigenvalue weighted by atomic mass is 35.5. The van der Waals surface area contributed by atoms with Crippen LogP contribution in [0.15, 0.2) is 36.4 Å². The summed E-state index contributed by atoms with van der Waals surface area (Å²) in [7, 11) is 0. The van der Waals surface area contributed by atoms with Crippen molar-refractivity contribution in [1.29, 1.82) is 0 Å². The molecule has 0 aliphatic rings. The molecule has 3 aromatic rings. The zero-order valence-corrected chi connectivity index (χ0v) is 16.6. The Morgan fingerprint density at radius 1 is 1.21 bits per heavy atom. The third kappa shape index (κ3) is 4.48. The molecule has 3 rings (SSSR count). The summed E-state index contributed by atoms with van der Waals surface area (Å²) in [6.07, 6.45) is 0.140. The summed E-state index contributed by atoms with van der Waals surface area (Å²) < 4.78 is 15.9. The standard InChI is InChI=1S/C20H21ClFN5O/c1-4-23-19(28)11-15-10-18(25-17-7-5-6-16(21)20(17)22)26-27(15)14-8-12(2)24-13(3)9-14/h5-10H,4,11H2,1-3H3,(H,23,28)(H,25,26). The third-order valence-corrected chi connectivity index (χ3v) is 4.32. The molecule has 6 nitrogen and oxygen atoms in total. The number of likely N-dealkylation sites (N-methyl/N-ethyl adjacent to an activating group) is 1. The number of nitrogens with zero attached hydrogens (tertiary/aromatic N) is 3. The van der Waals surface area contributed by atoms with Gasteiger partial charge < -0.3 is 10.6 Å². The van der Waals surface area contributed by atoms with Gasteiger partial charge in [-0.3, -0.25) is 9.78 Å². The normalized spacial score (nSPS) is 10.8. The first-order chi connectivity index (χ1) is 13.4. The molecule has 0 radical (unpaired) electrons. The van der Waals surface area contributed by atoms with Crippen LogP contribution in [0.5, 0.6) is 0 Å². The van der Waals surface area contributed by atoms with Gasteiger partial charge in [0.05, 0.1) is 28.5 Å². The minimum absolute atomic E-state index is 0.0207. The molecule has 2 N–H and O–H groups in total. The number of anilines is 2. The fourth-order valence-corrected chi connectivity index (χ4v) is 3.10. The van der Waals surface area contributed by atoms with Gasteiger partial charge in [-0.05, 0) is 45.0 Å². The number of aromatic nitrogens is 3. The molecular formula is C20H21ClFN5O. The number of pyridine rings is 1. The van der Waals surface area contributed by atoms with E-state index in [2.05, 4.69) is 20.7 Å². The summed E-state index contributed by atoms with van der Waals surface area (Å²) in [5.41, 5.74) is 3.34. The van der Waals surface area contributed by atoms with Crippen molar-refractivity contribution in [3.8, 4) is 5.69 Å². The molecule has 1 amide bonds. The Morgan fingerprint density at radius 3 is 2.61 bits per heavy atom. The zero-order chi connectivity index (χ0) is 20.3. The van der Waals surface area contributed by atoms with Gasteiger partial charge in [0.2, 0.25) is 5.91 Å². The zero-order valence-electron chi connectivity index (χ0n) is 15.9. The summed E-state index contributed by atoms with van der Waals surface area (Å²) in [6.45, 7) is 6.19. The molecule has 0 saturated carbocycles. The number of aryl methyl sites for hydroxylation is 2. The van der Waals surface area contributed by atoms with Gasteiger partial charge in [0, 0.05) is 24.0 Å². The van der Waals surface area contributed by atoms with Crippen LogP contribution in [0, 0.1) is 19.7 Å². The maximum atomic E-state index is 14.2. The first-order valence-corrected chi connectivity index (χ1v) is 9.27. The van der Waals surface area contributed by atoms with Crippen molar-refractivity contribution in [2.75, 3.05) is 11.9 Å². The summed E-state index contributed by atoms with van der Waals surface area (Å²) in [5.74, 6) is -0.265. The maximum Gasteiger partial charge on any atom is 0.226 e. The molecule has 0 saturated heterocycles. The van der Waals surface area contributed by atoms with Gasteiger partial charge in [0.1, 0.15) is 0 Å². The second-order valence-electron chi connectivity index (χ2n) is 6.40. The van der Waals surface area contributed by atoms with E-state index in [4.69, 9.17) is 11.6 Å². The maximum absolute atomic E-state index is 14.2. The Kier molecular flexibility index (Phi) is 5.94. The van der Waals surface area contributed by atoms with Crippen LogP contribution in [0.4, 0.5) is 15.9 Å². The summed E-state index contributed by atoms with van der Waals surface area (Å²) in [4.78, 5) is 16.5. The molecule has 0 spiro atoms. The predicted molar refractivity (Wildman–Crippen MR) is 108 cm³/mol. The fraction of sp³-hybridized carbons (Fsp3) is 0.250. The average Bonchev–Trinajstić information content (AvgIpc) is 3.00. The number of hydrogen-bond acceptors (Lipinski definition) is 4. The number of benzene rings is 1. The van der Waals surface area contributed by atoms with Crippen LogP contribution in [0.3, 0.4) is 0 Å². The smallest absolute Gasteiger partial charge is 0.226 e. The SMILES string of the molecule is CCNC(=O)Cc1cc(Nc2cccc(Cl)c2F)nn1-c1cc(C)nc(C)c1. The lowest BCUT2D eigenvalue weighted by atomic mass is 10.2. The monoisotopic (exact) mass is 401 g/mol. The molecule has 0 fully saturated rings. The second-order valence-corrected chi connectivity index (χ2v) is 6.80. The molecule has 2 heterocycles. The van der Waals surface area contributed by atoms with Crippen molar-refractivity contribution in [2.45, 2.75) is 27.2 Å². The minimum Gasteiger partial charge on any atom is -0.356 e. The van der Waals surface area contributed by atoms with Gasteiger partial charge in [0.15, 0.2) is 11.6 Å². The number of nitrogens with one attached hydrogen (secondary N) is 2. The third-order valence-electron chi connectivity index (χ3n) is 4.02. The van der Waals surface area contributed by atoms with E-state index in [1.54, 1.807) is 22.9 Å². The van der Waals surface area contributed by atoms with Crippen LogP contribution in [-0.2, 0) is 11.2 Å². The van der Waals surface area contributed by atoms with E-state index in [0.717, 1.165) is 17.1 Å². The van der Waals surface area contributed by atoms with Crippen LogP contribution in [0.2, 0.25) is 5.02 Å². The van der Waals surface area contributed by atoms with E-state index in [9.17, 15) is 9.18 Å². The van der Waals surface area contributed by atoms with Crippen molar-refractivity contribution < 1.29 is 9.18 Å². The van der Waals surface area contributed by atoms with Crippen LogP contribution in [0.25, 0.3) is 5.69 Å². The van der Waals surface area contributed by atoms with Crippen molar-refractivity contribution in [2.24, 2.45) is 0 Å². The first-order valence-electron chi connectivity index (χ1n) is 8.89. The molecule has 0 atom stereocenters. The van der Waals surface area contributed by atoms with Gasteiger partial charge in [-0.1, -0.05) is 17.7 Å². The lowest BCUT2D eigenvalue weighted by Crippen LogP contribution is -2.25. The highest BCUT2D eigenvalue weighted by Crippen LogP contribution is 2.26. The molecule has 0 unspecified atom stereocenters. The first kappa shape index (κ1) is 19.8. The van der Waals surface area contributed by atoms with E-state index < -0.39 is 5.82 Å². The van der Waals surface area contributed by atoms with Gasteiger partial charge in [-0.2, -0.15) is 0 Å². The largest absolute Gasteiger partial charge is 0.356 e. The van der Waals surface area contributed by atoms with E-state index in [1.807, 2.05) is 32.9 Å². The quantitative estimate of drug-likeness (QED) is 0.652. The summed E-state index contributed by atoms with van der Waals surface area (Å²) in [5, 5.41) is 10.3. The molecule has 0 aliphatic heterocycles. The summed E-state index contributed by atoms with van der Waals surface area (Å²) >= 11 is 5.85. The lowest BCUT2D eigenvalue weighted by molar-refractivity contribution is -0.120. The van der Waals surface area contributed by atoms with Crippen LogP contribution in [0.1, 0.15) is 24.0 Å². The van der Waals surface area contributed by atoms with E-state index >= 15 is 0 Å². The van der Waals surface area contributed by atoms with Crippen molar-refractivity contribution >= 4 is 29.0 Å². The van der Waals surface area contributed by atoms with Crippen molar-refractivity contribution in [1.82, 2.24) is 20.1 Å². The van der Waals surface area contributed by atoms with Crippen LogP contribution >= 0.6 is 11.6 Å². The lowest BCUT2D eigenvalue weighted by Gasteiger charge is -2.09. The molecule has 2 aromatic heterocycles. The molecular weight excluding hydrogens is 381 g/mol. The number of carbonyl (C=O) groups excluding carboxylic acids is 1. The molecule has 0 bridgehead atoms. The molecule has 146 valence electrons. The van der Waals surface area contributed by atoms with E-state index in [-0.39, 0.29) is 23.0 Å². The van der Waals surface area contributed by atoms with E-state index in [0.29, 0.717) is 18.1 Å². The Labute approximate surface area is 167 Å². The molecule has 1 aromatic carbocycles. The highest BCUT2D eigenvalue weighted by Gasteiger charge is 2.15. The number of halogens is 2. The topological polar surface area (TPSA) is 71.8 Å². The Bertz CT molecular complexity index is 998. The van der Waals surface area contributed by atoms with Crippen molar-refractivity contribution in [3.63, 3.8) is 0 Å². The minimum atomic E-state index is -0.556. The second kappa shape index (κ2) is 8.39. The molecule has 0 aliphatic carbocycles. The Balaban J connectivity index is 2.01. The van der Waals surface area contributed by atoms with Crippen molar-refractivity contribution in [3.05, 3.63) is 64.3 Å². The van der Waals surface area contributed by atoms with Crippen LogP contribution < -0.4 is 10.6 Å². The van der Waals surface area contributed by atoms with Crippen LogP contribution in [-0.4, -0.2) is 27.2 Å². The van der Waals surface area contributed by atoms with Gasteiger partial charge in [0.25, 0.3) is 0 Å². The predicted octanol–water partition coefficient (Wildman–Crippen LogP) is 4.10. The van der Waals surface area contributed by atoms with E-state index in [1.165, 1.54) is 6.07 Å².